The molecule has 4 rings (SSSR count). The minimum Gasteiger partial charge on any atom is -0.478 e. The summed E-state index contributed by atoms with van der Waals surface area (Å²) >= 11 is 0. The summed E-state index contributed by atoms with van der Waals surface area (Å²) in [5.41, 5.74) is 2.66. The van der Waals surface area contributed by atoms with Crippen LogP contribution in [0.25, 0.3) is 16.3 Å². The number of carboxylic acids is 1. The number of urea groups is 1. The van der Waals surface area contributed by atoms with Gasteiger partial charge in [0.25, 0.3) is 0 Å². The van der Waals surface area contributed by atoms with Crippen LogP contribution in [0.2, 0.25) is 0 Å². The second-order valence-corrected chi connectivity index (χ2v) is 8.45. The van der Waals surface area contributed by atoms with Gasteiger partial charge in [-0.05, 0) is 72.2 Å². The minimum absolute atomic E-state index is 0.133. The monoisotopic (exact) mass is 493 g/mol. The van der Waals surface area contributed by atoms with E-state index in [4.69, 9.17) is 0 Å². The van der Waals surface area contributed by atoms with Crippen molar-refractivity contribution in [2.24, 2.45) is 0 Å². The number of hydrogen-bond donors (Lipinski definition) is 3. The van der Waals surface area contributed by atoms with Crippen LogP contribution in [-0.2, 0) is 4.79 Å². The van der Waals surface area contributed by atoms with Gasteiger partial charge in [0.05, 0.1) is 11.3 Å². The number of benzene rings is 4. The number of amides is 3. The van der Waals surface area contributed by atoms with Crippen molar-refractivity contribution >= 4 is 51.3 Å². The van der Waals surface area contributed by atoms with Gasteiger partial charge < -0.3 is 15.7 Å². The maximum Gasteiger partial charge on any atom is 0.337 e. The average molecular weight is 494 g/mol. The molecular formula is C30H27N3O4. The van der Waals surface area contributed by atoms with Crippen molar-refractivity contribution in [3.8, 4) is 0 Å². The first-order valence-electron chi connectivity index (χ1n) is 11.8. The van der Waals surface area contributed by atoms with Crippen molar-refractivity contribution < 1.29 is 19.5 Å². The number of carbonyl (C=O) groups excluding carboxylic acids is 2. The second kappa shape index (κ2) is 11.2. The molecule has 0 radical (unpaired) electrons. The van der Waals surface area contributed by atoms with Crippen LogP contribution in [0, 0.1) is 0 Å². The summed E-state index contributed by atoms with van der Waals surface area (Å²) in [5, 5.41) is 17.3. The molecule has 0 fully saturated rings. The summed E-state index contributed by atoms with van der Waals surface area (Å²) in [5.74, 6) is -1.68. The average Bonchev–Trinajstić information content (AvgIpc) is 2.90. The van der Waals surface area contributed by atoms with Gasteiger partial charge in [-0.2, -0.15) is 0 Å². The fourth-order valence-corrected chi connectivity index (χ4v) is 4.03. The molecule has 3 N–H and O–H groups in total. The maximum absolute atomic E-state index is 12.8. The van der Waals surface area contributed by atoms with Gasteiger partial charge in [0.15, 0.2) is 0 Å². The van der Waals surface area contributed by atoms with E-state index in [1.165, 1.54) is 23.1 Å². The molecule has 0 aliphatic carbocycles. The van der Waals surface area contributed by atoms with E-state index in [2.05, 4.69) is 10.6 Å². The van der Waals surface area contributed by atoms with Gasteiger partial charge in [0.2, 0.25) is 5.91 Å². The van der Waals surface area contributed by atoms with Crippen LogP contribution >= 0.6 is 0 Å². The summed E-state index contributed by atoms with van der Waals surface area (Å²) in [6.45, 7) is 4.10. The fraction of sp³-hybridized carbons (Fsp3) is 0.100. The lowest BCUT2D eigenvalue weighted by atomic mass is 10.0. The number of aromatic carboxylic acids is 1. The molecular weight excluding hydrogens is 466 g/mol. The molecule has 4 aromatic rings. The van der Waals surface area contributed by atoms with E-state index >= 15 is 0 Å². The number of nitrogens with one attached hydrogen (secondary N) is 2. The largest absolute Gasteiger partial charge is 0.478 e. The zero-order valence-electron chi connectivity index (χ0n) is 20.6. The number of para-hydroxylation sites is 1. The molecule has 0 spiro atoms. The molecule has 186 valence electrons. The van der Waals surface area contributed by atoms with Crippen LogP contribution in [0.5, 0.6) is 0 Å². The van der Waals surface area contributed by atoms with Gasteiger partial charge >= 0.3 is 12.0 Å². The zero-order valence-corrected chi connectivity index (χ0v) is 20.6. The normalized spacial score (nSPS) is 11.1. The van der Waals surface area contributed by atoms with E-state index in [1.54, 1.807) is 6.07 Å². The van der Waals surface area contributed by atoms with E-state index in [-0.39, 0.29) is 11.3 Å². The molecule has 0 heterocycles. The Labute approximate surface area is 215 Å². The first-order valence-corrected chi connectivity index (χ1v) is 11.8. The zero-order chi connectivity index (χ0) is 26.4. The van der Waals surface area contributed by atoms with E-state index < -0.39 is 17.9 Å². The number of anilines is 3. The van der Waals surface area contributed by atoms with E-state index in [0.29, 0.717) is 12.2 Å². The van der Waals surface area contributed by atoms with Crippen LogP contribution < -0.4 is 15.5 Å². The highest BCUT2D eigenvalue weighted by Gasteiger charge is 2.17. The van der Waals surface area contributed by atoms with Crippen molar-refractivity contribution in [3.63, 3.8) is 0 Å². The number of rotatable bonds is 7. The molecule has 0 bridgehead atoms. The predicted molar refractivity (Wildman–Crippen MR) is 148 cm³/mol. The third kappa shape index (κ3) is 6.02. The van der Waals surface area contributed by atoms with Crippen LogP contribution in [0.1, 0.15) is 29.8 Å². The Hall–Kier alpha value is -4.91. The highest BCUT2D eigenvalue weighted by molar-refractivity contribution is 6.08. The Balaban J connectivity index is 1.50. The third-order valence-electron chi connectivity index (χ3n) is 5.94. The minimum atomic E-state index is -1.22. The van der Waals surface area contributed by atoms with E-state index in [1.807, 2.05) is 86.6 Å². The van der Waals surface area contributed by atoms with Gasteiger partial charge in [0, 0.05) is 24.0 Å². The highest BCUT2D eigenvalue weighted by atomic mass is 16.4. The molecule has 0 atom stereocenters. The second-order valence-electron chi connectivity index (χ2n) is 8.45. The molecule has 7 nitrogen and oxygen atoms in total. The van der Waals surface area contributed by atoms with Crippen molar-refractivity contribution in [1.29, 1.82) is 0 Å². The first kappa shape index (κ1) is 25.2. The molecule has 0 saturated carbocycles. The standard InChI is InChI=1S/C30H27N3O4/c1-3-33(25-11-5-4-6-12-25)30(37)31-24-15-16-27(26(19-24)29(35)36)32-28(34)17-20(2)22-14-13-21-9-7-8-10-23(21)18-22/h4-19H,3H2,1-2H3,(H,31,37)(H,32,34)(H,35,36)/b20-17-. The van der Waals surface area contributed by atoms with Gasteiger partial charge in [0.1, 0.15) is 0 Å². The SMILES string of the molecule is CCN(C(=O)Nc1ccc(NC(=O)/C=C(/C)c2ccc3ccccc3c2)c(C(=O)O)c1)c1ccccc1. The lowest BCUT2D eigenvalue weighted by Crippen LogP contribution is -2.34. The summed E-state index contributed by atoms with van der Waals surface area (Å²) in [4.78, 5) is 39.0. The number of nitrogens with zero attached hydrogens (tertiary/aromatic N) is 1. The number of allylic oxidation sites excluding steroid dienone is 1. The molecule has 3 amide bonds. The maximum atomic E-state index is 12.8. The van der Waals surface area contributed by atoms with Crippen LogP contribution in [0.4, 0.5) is 21.9 Å². The van der Waals surface area contributed by atoms with Crippen molar-refractivity contribution in [3.05, 3.63) is 108 Å². The van der Waals surface area contributed by atoms with E-state index in [0.717, 1.165) is 27.6 Å². The van der Waals surface area contributed by atoms with Gasteiger partial charge in [-0.3, -0.25) is 9.69 Å². The van der Waals surface area contributed by atoms with Gasteiger partial charge in [-0.25, -0.2) is 9.59 Å². The van der Waals surface area contributed by atoms with Crippen molar-refractivity contribution in [2.45, 2.75) is 13.8 Å². The number of carboxylic acid groups (broad SMARTS) is 1. The van der Waals surface area contributed by atoms with Gasteiger partial charge in [-0.15, -0.1) is 0 Å². The fourth-order valence-electron chi connectivity index (χ4n) is 4.03. The Kier molecular flexibility index (Phi) is 7.64. The van der Waals surface area contributed by atoms with Crippen LogP contribution in [0.3, 0.4) is 0 Å². The Morgan fingerprint density at radius 1 is 0.838 bits per heavy atom. The Morgan fingerprint density at radius 2 is 1.54 bits per heavy atom. The lowest BCUT2D eigenvalue weighted by Gasteiger charge is -2.21. The topological polar surface area (TPSA) is 98.7 Å². The smallest absolute Gasteiger partial charge is 0.337 e. The highest BCUT2D eigenvalue weighted by Crippen LogP contribution is 2.24. The van der Waals surface area contributed by atoms with Crippen LogP contribution in [-0.4, -0.2) is 29.6 Å². The molecule has 4 aromatic carbocycles. The van der Waals surface area contributed by atoms with Crippen LogP contribution in [0.15, 0.2) is 97.1 Å². The molecule has 0 aliphatic heterocycles. The molecule has 0 unspecified atom stereocenters. The summed E-state index contributed by atoms with van der Waals surface area (Å²) in [6.07, 6.45) is 1.43. The van der Waals surface area contributed by atoms with Gasteiger partial charge in [-0.1, -0.05) is 54.6 Å². The molecule has 0 saturated heterocycles. The summed E-state index contributed by atoms with van der Waals surface area (Å²) < 4.78 is 0. The summed E-state index contributed by atoms with van der Waals surface area (Å²) in [7, 11) is 0. The molecule has 0 aliphatic rings. The molecule has 37 heavy (non-hydrogen) atoms. The third-order valence-corrected chi connectivity index (χ3v) is 5.94. The lowest BCUT2D eigenvalue weighted by molar-refractivity contribution is -0.111. The molecule has 7 heteroatoms. The summed E-state index contributed by atoms with van der Waals surface area (Å²) in [6, 6.07) is 27.0. The van der Waals surface area contributed by atoms with Crippen molar-refractivity contribution in [2.75, 3.05) is 22.1 Å². The Bertz CT molecular complexity index is 1500. The number of carbonyl (C=O) groups is 3. The molecule has 0 aromatic heterocycles. The number of fused-ring (bicyclic) bond motifs is 1. The quantitative estimate of drug-likeness (QED) is 0.251. The Morgan fingerprint density at radius 3 is 2.24 bits per heavy atom. The first-order chi connectivity index (χ1) is 17.9. The van der Waals surface area contributed by atoms with Crippen molar-refractivity contribution in [1.82, 2.24) is 0 Å². The number of hydrogen-bond acceptors (Lipinski definition) is 3. The van der Waals surface area contributed by atoms with E-state index in [9.17, 15) is 19.5 Å². The predicted octanol–water partition coefficient (Wildman–Crippen LogP) is 6.64.